The van der Waals surface area contributed by atoms with Crippen LogP contribution in [0.1, 0.15) is 16.3 Å². The second kappa shape index (κ2) is 6.37. The third kappa shape index (κ3) is 3.37. The van der Waals surface area contributed by atoms with Crippen LogP contribution in [0.15, 0.2) is 22.5 Å². The standard InChI is InChI=1S/C14H18N4S2/c1-10-18-12(9-19-10)13-4-3-11(20-13)5-8-17-14-15-6-2-7-16-14/h3-4,9H,2,5-8H2,1H3,(H2,15,16,17). The summed E-state index contributed by atoms with van der Waals surface area (Å²) in [5, 5.41) is 9.88. The first-order valence-electron chi connectivity index (χ1n) is 6.85. The van der Waals surface area contributed by atoms with Crippen molar-refractivity contribution in [1.29, 1.82) is 0 Å². The molecule has 0 bridgehead atoms. The molecule has 0 unspecified atom stereocenters. The first kappa shape index (κ1) is 13.6. The Hall–Kier alpha value is -1.40. The summed E-state index contributed by atoms with van der Waals surface area (Å²) in [6.45, 7) is 4.92. The van der Waals surface area contributed by atoms with Gasteiger partial charge in [0.2, 0.25) is 0 Å². The Morgan fingerprint density at radius 2 is 2.35 bits per heavy atom. The first-order chi connectivity index (χ1) is 9.81. The van der Waals surface area contributed by atoms with Crippen LogP contribution in [-0.2, 0) is 6.42 Å². The van der Waals surface area contributed by atoms with E-state index in [1.807, 2.05) is 18.3 Å². The molecule has 0 atom stereocenters. The van der Waals surface area contributed by atoms with Gasteiger partial charge in [-0.3, -0.25) is 4.99 Å². The molecule has 106 valence electrons. The van der Waals surface area contributed by atoms with Crippen molar-refractivity contribution in [3.05, 3.63) is 27.4 Å². The SMILES string of the molecule is Cc1nc(-c2ccc(CCNC3=NCCCN3)s2)cs1. The molecule has 0 fully saturated rings. The van der Waals surface area contributed by atoms with Crippen LogP contribution >= 0.6 is 22.7 Å². The average molecular weight is 306 g/mol. The lowest BCUT2D eigenvalue weighted by Gasteiger charge is -2.15. The second-order valence-electron chi connectivity index (χ2n) is 4.71. The van der Waals surface area contributed by atoms with Gasteiger partial charge in [0.15, 0.2) is 5.96 Å². The normalized spacial score (nSPS) is 14.8. The molecule has 6 heteroatoms. The molecule has 20 heavy (non-hydrogen) atoms. The highest BCUT2D eigenvalue weighted by atomic mass is 32.1. The third-order valence-corrected chi connectivity index (χ3v) is 5.04. The van der Waals surface area contributed by atoms with E-state index in [2.05, 4.69) is 38.1 Å². The minimum Gasteiger partial charge on any atom is -0.356 e. The maximum absolute atomic E-state index is 4.53. The van der Waals surface area contributed by atoms with Crippen molar-refractivity contribution >= 4 is 28.6 Å². The molecule has 3 rings (SSSR count). The molecule has 0 aliphatic carbocycles. The number of rotatable bonds is 4. The number of thiophene rings is 1. The van der Waals surface area contributed by atoms with Crippen molar-refractivity contribution in [1.82, 2.24) is 15.6 Å². The number of aromatic nitrogens is 1. The molecule has 1 aliphatic heterocycles. The molecule has 0 amide bonds. The predicted molar refractivity (Wildman–Crippen MR) is 86.8 cm³/mol. The molecular weight excluding hydrogens is 288 g/mol. The minimum atomic E-state index is 0.919. The number of guanidine groups is 1. The van der Waals surface area contributed by atoms with Crippen molar-refractivity contribution in [2.45, 2.75) is 19.8 Å². The zero-order chi connectivity index (χ0) is 13.8. The van der Waals surface area contributed by atoms with E-state index < -0.39 is 0 Å². The molecule has 4 nitrogen and oxygen atoms in total. The average Bonchev–Trinajstić information content (AvgIpc) is 3.09. The van der Waals surface area contributed by atoms with E-state index in [0.29, 0.717) is 0 Å². The Morgan fingerprint density at radius 3 is 3.10 bits per heavy atom. The lowest BCUT2D eigenvalue weighted by Crippen LogP contribution is -2.41. The van der Waals surface area contributed by atoms with Crippen LogP contribution in [0.25, 0.3) is 10.6 Å². The van der Waals surface area contributed by atoms with Crippen LogP contribution in [0.3, 0.4) is 0 Å². The van der Waals surface area contributed by atoms with Gasteiger partial charge < -0.3 is 10.6 Å². The lowest BCUT2D eigenvalue weighted by atomic mass is 10.3. The zero-order valence-corrected chi connectivity index (χ0v) is 13.1. The Bertz CT molecular complexity index is 600. The van der Waals surface area contributed by atoms with Gasteiger partial charge >= 0.3 is 0 Å². The third-order valence-electron chi connectivity index (χ3n) is 3.09. The highest BCUT2D eigenvalue weighted by molar-refractivity contribution is 7.16. The number of thiazole rings is 1. The molecule has 0 saturated heterocycles. The van der Waals surface area contributed by atoms with E-state index >= 15 is 0 Å². The predicted octanol–water partition coefficient (Wildman–Crippen LogP) is 2.66. The highest BCUT2D eigenvalue weighted by Crippen LogP contribution is 2.29. The van der Waals surface area contributed by atoms with Crippen LogP contribution in [0, 0.1) is 6.92 Å². The molecule has 2 N–H and O–H groups in total. The molecule has 3 heterocycles. The topological polar surface area (TPSA) is 49.3 Å². The molecule has 0 radical (unpaired) electrons. The van der Waals surface area contributed by atoms with Gasteiger partial charge in [0, 0.05) is 29.9 Å². The number of hydrogen-bond donors (Lipinski definition) is 2. The monoisotopic (exact) mass is 306 g/mol. The van der Waals surface area contributed by atoms with E-state index in [-0.39, 0.29) is 0 Å². The van der Waals surface area contributed by atoms with Crippen LogP contribution in [0.2, 0.25) is 0 Å². The summed E-state index contributed by atoms with van der Waals surface area (Å²) in [4.78, 5) is 11.6. The fraction of sp³-hybridized carbons (Fsp3) is 0.429. The smallest absolute Gasteiger partial charge is 0.191 e. The number of nitrogens with one attached hydrogen (secondary N) is 2. The second-order valence-corrected chi connectivity index (χ2v) is 6.94. The van der Waals surface area contributed by atoms with E-state index in [1.165, 1.54) is 9.75 Å². The molecule has 2 aromatic rings. The maximum Gasteiger partial charge on any atom is 0.191 e. The Kier molecular flexibility index (Phi) is 4.32. The number of nitrogens with zero attached hydrogens (tertiary/aromatic N) is 2. The summed E-state index contributed by atoms with van der Waals surface area (Å²) >= 11 is 3.53. The fourth-order valence-corrected chi connectivity index (χ4v) is 3.74. The Labute approximate surface area is 127 Å². The van der Waals surface area contributed by atoms with E-state index in [1.54, 1.807) is 11.3 Å². The summed E-state index contributed by atoms with van der Waals surface area (Å²) in [5.74, 6) is 0.947. The number of hydrogen-bond acceptors (Lipinski definition) is 6. The molecule has 0 saturated carbocycles. The first-order valence-corrected chi connectivity index (χ1v) is 8.54. The minimum absolute atomic E-state index is 0.919. The van der Waals surface area contributed by atoms with E-state index in [0.717, 1.165) is 49.1 Å². The largest absolute Gasteiger partial charge is 0.356 e. The van der Waals surface area contributed by atoms with Crippen molar-refractivity contribution < 1.29 is 0 Å². The maximum atomic E-state index is 4.53. The summed E-state index contributed by atoms with van der Waals surface area (Å²) in [7, 11) is 0. The molecular formula is C14H18N4S2. The molecule has 1 aliphatic rings. The van der Waals surface area contributed by atoms with Gasteiger partial charge in [0.1, 0.15) is 0 Å². The quantitative estimate of drug-likeness (QED) is 0.913. The van der Waals surface area contributed by atoms with Crippen molar-refractivity contribution in [3.63, 3.8) is 0 Å². The van der Waals surface area contributed by atoms with Gasteiger partial charge in [-0.2, -0.15) is 0 Å². The fourth-order valence-electron chi connectivity index (χ4n) is 2.08. The zero-order valence-electron chi connectivity index (χ0n) is 11.5. The van der Waals surface area contributed by atoms with Gasteiger partial charge in [-0.15, -0.1) is 22.7 Å². The van der Waals surface area contributed by atoms with Gasteiger partial charge in [-0.1, -0.05) is 0 Å². The van der Waals surface area contributed by atoms with Gasteiger partial charge in [0.25, 0.3) is 0 Å². The number of aryl methyl sites for hydroxylation is 1. The number of aliphatic imine (C=N–C) groups is 1. The van der Waals surface area contributed by atoms with Crippen LogP contribution in [0.5, 0.6) is 0 Å². The highest BCUT2D eigenvalue weighted by Gasteiger charge is 2.07. The molecule has 0 spiro atoms. The van der Waals surface area contributed by atoms with E-state index in [4.69, 9.17) is 0 Å². The van der Waals surface area contributed by atoms with Crippen LogP contribution < -0.4 is 10.6 Å². The van der Waals surface area contributed by atoms with Crippen LogP contribution in [0.4, 0.5) is 0 Å². The van der Waals surface area contributed by atoms with Crippen LogP contribution in [-0.4, -0.2) is 30.6 Å². The summed E-state index contributed by atoms with van der Waals surface area (Å²) in [5.41, 5.74) is 1.11. The van der Waals surface area contributed by atoms with Gasteiger partial charge in [0.05, 0.1) is 15.6 Å². The van der Waals surface area contributed by atoms with Crippen molar-refractivity contribution in [3.8, 4) is 10.6 Å². The lowest BCUT2D eigenvalue weighted by molar-refractivity contribution is 0.701. The van der Waals surface area contributed by atoms with Gasteiger partial charge in [-0.25, -0.2) is 4.98 Å². The molecule has 0 aromatic carbocycles. The Balaban J connectivity index is 1.53. The molecule has 2 aromatic heterocycles. The van der Waals surface area contributed by atoms with E-state index in [9.17, 15) is 0 Å². The summed E-state index contributed by atoms with van der Waals surface area (Å²) in [6.07, 6.45) is 2.15. The Morgan fingerprint density at radius 1 is 1.40 bits per heavy atom. The summed E-state index contributed by atoms with van der Waals surface area (Å²) in [6, 6.07) is 4.37. The van der Waals surface area contributed by atoms with Gasteiger partial charge in [-0.05, 0) is 31.9 Å². The van der Waals surface area contributed by atoms with Crippen molar-refractivity contribution in [2.75, 3.05) is 19.6 Å². The van der Waals surface area contributed by atoms with Crippen molar-refractivity contribution in [2.24, 2.45) is 4.99 Å². The summed E-state index contributed by atoms with van der Waals surface area (Å²) < 4.78 is 0.